The molecule has 1 amide bonds. The van der Waals surface area contributed by atoms with E-state index < -0.39 is 17.8 Å². The van der Waals surface area contributed by atoms with Crippen LogP contribution >= 0.6 is 0 Å². The summed E-state index contributed by atoms with van der Waals surface area (Å²) in [6.45, 7) is 2.51. The molecule has 5 nitrogen and oxygen atoms in total. The van der Waals surface area contributed by atoms with E-state index in [2.05, 4.69) is 5.10 Å². The van der Waals surface area contributed by atoms with E-state index in [1.165, 1.54) is 6.92 Å². The molecule has 2 heterocycles. The summed E-state index contributed by atoms with van der Waals surface area (Å²) in [5.41, 5.74) is -1.59. The van der Waals surface area contributed by atoms with Crippen molar-refractivity contribution < 1.29 is 22.7 Å². The van der Waals surface area contributed by atoms with E-state index >= 15 is 0 Å². The second-order valence-electron chi connectivity index (χ2n) is 6.74. The summed E-state index contributed by atoms with van der Waals surface area (Å²) in [5, 5.41) is 5.59. The Hall–Kier alpha value is -1.57. The normalized spacial score (nSPS) is 21.8. The van der Waals surface area contributed by atoms with Crippen LogP contribution in [-0.2, 0) is 10.9 Å². The van der Waals surface area contributed by atoms with Crippen LogP contribution in [0.15, 0.2) is 0 Å². The molecule has 2 fully saturated rings. The second-order valence-corrected chi connectivity index (χ2v) is 6.74. The molecule has 0 unspecified atom stereocenters. The van der Waals surface area contributed by atoms with Crippen molar-refractivity contribution in [3.63, 3.8) is 0 Å². The zero-order valence-corrected chi connectivity index (χ0v) is 13.7. The van der Waals surface area contributed by atoms with Gasteiger partial charge in [0.05, 0.1) is 18.8 Å². The highest BCUT2D eigenvalue weighted by Gasteiger charge is 2.41. The fourth-order valence-electron chi connectivity index (χ4n) is 3.73. The maximum Gasteiger partial charge on any atom is 0.433 e. The number of aromatic nitrogens is 2. The van der Waals surface area contributed by atoms with Crippen LogP contribution in [0.5, 0.6) is 0 Å². The van der Waals surface area contributed by atoms with Crippen molar-refractivity contribution in [1.82, 2.24) is 15.1 Å². The van der Waals surface area contributed by atoms with Gasteiger partial charge >= 0.3 is 6.18 Å². The fourth-order valence-corrected chi connectivity index (χ4v) is 3.73. The number of ether oxygens (including phenoxy) is 1. The van der Waals surface area contributed by atoms with Crippen molar-refractivity contribution in [1.29, 1.82) is 0 Å². The number of morpholine rings is 1. The molecule has 1 saturated heterocycles. The summed E-state index contributed by atoms with van der Waals surface area (Å²) in [7, 11) is 0. The first kappa shape index (κ1) is 17.3. The molecule has 24 heavy (non-hydrogen) atoms. The molecule has 134 valence electrons. The van der Waals surface area contributed by atoms with E-state index in [0.717, 1.165) is 38.5 Å². The Morgan fingerprint density at radius 2 is 1.92 bits per heavy atom. The van der Waals surface area contributed by atoms with Crippen LogP contribution in [0.1, 0.15) is 60.3 Å². The largest absolute Gasteiger partial charge is 0.433 e. The number of carbonyl (C=O) groups is 1. The van der Waals surface area contributed by atoms with Gasteiger partial charge in [-0.25, -0.2) is 0 Å². The summed E-state index contributed by atoms with van der Waals surface area (Å²) in [6, 6.07) is 0. The molecule has 0 atom stereocenters. The number of alkyl halides is 3. The highest BCUT2D eigenvalue weighted by molar-refractivity contribution is 5.94. The molecule has 1 spiro atoms. The Balaban J connectivity index is 1.79. The lowest BCUT2D eigenvalue weighted by atomic mass is 9.92. The van der Waals surface area contributed by atoms with Gasteiger partial charge in [-0.2, -0.15) is 18.3 Å². The van der Waals surface area contributed by atoms with Crippen molar-refractivity contribution in [3.8, 4) is 0 Å². The first-order chi connectivity index (χ1) is 11.3. The number of H-pyrrole nitrogens is 1. The Morgan fingerprint density at radius 1 is 1.25 bits per heavy atom. The average molecular weight is 345 g/mol. The molecule has 1 N–H and O–H groups in total. The van der Waals surface area contributed by atoms with Crippen molar-refractivity contribution in [3.05, 3.63) is 17.0 Å². The Morgan fingerprint density at radius 3 is 2.50 bits per heavy atom. The van der Waals surface area contributed by atoms with E-state index in [4.69, 9.17) is 4.74 Å². The van der Waals surface area contributed by atoms with Crippen LogP contribution in [0.2, 0.25) is 0 Å². The SMILES string of the molecule is Cc1c(C(=O)N2CCOC3(CCCCCC3)C2)n[nH]c1C(F)(F)F. The molecule has 8 heteroatoms. The van der Waals surface area contributed by atoms with Gasteiger partial charge in [-0.3, -0.25) is 9.89 Å². The smallest absolute Gasteiger partial charge is 0.371 e. The Kier molecular flexibility index (Phi) is 4.59. The van der Waals surface area contributed by atoms with Crippen LogP contribution < -0.4 is 0 Å². The predicted molar refractivity (Wildman–Crippen MR) is 80.6 cm³/mol. The lowest BCUT2D eigenvalue weighted by molar-refractivity contribution is -0.141. The summed E-state index contributed by atoms with van der Waals surface area (Å²) >= 11 is 0. The number of amides is 1. The molecular weight excluding hydrogens is 323 g/mol. The maximum absolute atomic E-state index is 12.9. The van der Waals surface area contributed by atoms with Crippen molar-refractivity contribution in [2.45, 2.75) is 57.2 Å². The van der Waals surface area contributed by atoms with Gasteiger partial charge in [0.25, 0.3) is 5.91 Å². The van der Waals surface area contributed by atoms with Gasteiger partial charge in [-0.1, -0.05) is 25.7 Å². The zero-order chi connectivity index (χ0) is 17.4. The van der Waals surface area contributed by atoms with Gasteiger partial charge < -0.3 is 9.64 Å². The topological polar surface area (TPSA) is 58.2 Å². The van der Waals surface area contributed by atoms with Gasteiger partial charge in [-0.05, 0) is 19.8 Å². The number of hydrogen-bond acceptors (Lipinski definition) is 3. The molecule has 2 aliphatic rings. The van der Waals surface area contributed by atoms with Crippen LogP contribution in [0, 0.1) is 6.92 Å². The maximum atomic E-state index is 12.9. The number of aromatic amines is 1. The van der Waals surface area contributed by atoms with Crippen LogP contribution in [0.3, 0.4) is 0 Å². The Bertz CT molecular complexity index is 604. The number of rotatable bonds is 1. The molecule has 0 radical (unpaired) electrons. The van der Waals surface area contributed by atoms with Gasteiger partial charge in [0, 0.05) is 12.1 Å². The molecule has 1 saturated carbocycles. The third-order valence-electron chi connectivity index (χ3n) is 5.05. The molecule has 1 aromatic rings. The van der Waals surface area contributed by atoms with Gasteiger partial charge in [0.2, 0.25) is 0 Å². The summed E-state index contributed by atoms with van der Waals surface area (Å²) in [5.74, 6) is -0.453. The standard InChI is InChI=1S/C16H22F3N3O2/c1-11-12(20-21-13(11)16(17,18)19)14(23)22-8-9-24-15(10-22)6-4-2-3-5-7-15/h2-10H2,1H3,(H,20,21). The van der Waals surface area contributed by atoms with Crippen molar-refractivity contribution in [2.75, 3.05) is 19.7 Å². The lowest BCUT2D eigenvalue weighted by Crippen LogP contribution is -2.53. The minimum Gasteiger partial charge on any atom is -0.371 e. The molecule has 0 aromatic carbocycles. The van der Waals surface area contributed by atoms with E-state index in [0.29, 0.717) is 19.7 Å². The van der Waals surface area contributed by atoms with E-state index in [1.807, 2.05) is 5.10 Å². The number of carbonyl (C=O) groups excluding carboxylic acids is 1. The van der Waals surface area contributed by atoms with Crippen molar-refractivity contribution in [2.24, 2.45) is 0 Å². The highest BCUT2D eigenvalue weighted by atomic mass is 19.4. The minimum absolute atomic E-state index is 0.145. The van der Waals surface area contributed by atoms with E-state index in [1.54, 1.807) is 4.90 Å². The fraction of sp³-hybridized carbons (Fsp3) is 0.750. The summed E-state index contributed by atoms with van der Waals surface area (Å²) in [4.78, 5) is 14.3. The van der Waals surface area contributed by atoms with Gasteiger partial charge in [0.15, 0.2) is 5.69 Å². The van der Waals surface area contributed by atoms with Crippen LogP contribution in [0.4, 0.5) is 13.2 Å². The van der Waals surface area contributed by atoms with Gasteiger partial charge in [-0.15, -0.1) is 0 Å². The quantitative estimate of drug-likeness (QED) is 0.850. The molecule has 0 bridgehead atoms. The van der Waals surface area contributed by atoms with E-state index in [-0.39, 0.29) is 16.9 Å². The van der Waals surface area contributed by atoms with Crippen LogP contribution in [-0.4, -0.2) is 46.3 Å². The third-order valence-corrected chi connectivity index (χ3v) is 5.05. The molecule has 1 aliphatic carbocycles. The summed E-state index contributed by atoms with van der Waals surface area (Å²) < 4.78 is 44.6. The first-order valence-corrected chi connectivity index (χ1v) is 8.38. The number of nitrogens with one attached hydrogen (secondary N) is 1. The molecule has 1 aromatic heterocycles. The Labute approximate surface area is 138 Å². The predicted octanol–water partition coefficient (Wildman–Crippen LogP) is 3.30. The van der Waals surface area contributed by atoms with Crippen LogP contribution in [0.25, 0.3) is 0 Å². The number of hydrogen-bond donors (Lipinski definition) is 1. The average Bonchev–Trinajstić information content (AvgIpc) is 2.78. The number of halogens is 3. The first-order valence-electron chi connectivity index (χ1n) is 8.38. The lowest BCUT2D eigenvalue weighted by Gasteiger charge is -2.42. The third kappa shape index (κ3) is 3.29. The second kappa shape index (κ2) is 6.38. The minimum atomic E-state index is -4.54. The molecule has 1 aliphatic heterocycles. The molecular formula is C16H22F3N3O2. The summed E-state index contributed by atoms with van der Waals surface area (Å²) in [6.07, 6.45) is 1.68. The monoisotopic (exact) mass is 345 g/mol. The molecule has 3 rings (SSSR count). The van der Waals surface area contributed by atoms with E-state index in [9.17, 15) is 18.0 Å². The highest BCUT2D eigenvalue weighted by Crippen LogP contribution is 2.35. The van der Waals surface area contributed by atoms with Crippen molar-refractivity contribution >= 4 is 5.91 Å². The zero-order valence-electron chi connectivity index (χ0n) is 13.7. The number of nitrogens with zero attached hydrogens (tertiary/aromatic N) is 2. The van der Waals surface area contributed by atoms with Gasteiger partial charge in [0.1, 0.15) is 5.69 Å².